The number of benzene rings is 1. The number of amides is 1. The Labute approximate surface area is 179 Å². The van der Waals surface area contributed by atoms with E-state index in [2.05, 4.69) is 15.4 Å². The molecule has 2 N–H and O–H groups in total. The molecule has 8 nitrogen and oxygen atoms in total. The van der Waals surface area contributed by atoms with E-state index in [4.69, 9.17) is 11.6 Å². The summed E-state index contributed by atoms with van der Waals surface area (Å²) in [6.45, 7) is 1.55. The lowest BCUT2D eigenvalue weighted by atomic mass is 10.2. The normalized spacial score (nSPS) is 11.1. The molecule has 0 aliphatic carbocycles. The molecule has 0 bridgehead atoms. The zero-order chi connectivity index (χ0) is 22.1. The van der Waals surface area contributed by atoms with Crippen molar-refractivity contribution < 1.29 is 9.18 Å². The van der Waals surface area contributed by atoms with Crippen LogP contribution in [0.25, 0.3) is 16.6 Å². The van der Waals surface area contributed by atoms with Crippen LogP contribution in [0.2, 0.25) is 5.02 Å². The summed E-state index contributed by atoms with van der Waals surface area (Å²) in [4.78, 5) is 42.1. The first-order chi connectivity index (χ1) is 14.8. The molecular weight excluding hydrogens is 425 g/mol. The fourth-order valence-electron chi connectivity index (χ4n) is 3.33. The Hall–Kier alpha value is -3.72. The van der Waals surface area contributed by atoms with Gasteiger partial charge in [-0.05, 0) is 37.3 Å². The lowest BCUT2D eigenvalue weighted by molar-refractivity contribution is -0.121. The first-order valence-electron chi connectivity index (χ1n) is 9.32. The molecule has 0 atom stereocenters. The number of carbonyl (C=O) groups excluding carboxylic acids is 1. The van der Waals surface area contributed by atoms with Crippen molar-refractivity contribution in [3.05, 3.63) is 91.6 Å². The number of aromatic amines is 1. The second kappa shape index (κ2) is 8.19. The maximum Gasteiger partial charge on any atom is 0.280 e. The number of H-pyrrole nitrogens is 1. The number of carbonyl (C=O) groups is 1. The van der Waals surface area contributed by atoms with E-state index < -0.39 is 22.8 Å². The summed E-state index contributed by atoms with van der Waals surface area (Å²) < 4.78 is 15.7. The summed E-state index contributed by atoms with van der Waals surface area (Å²) >= 11 is 6.08. The van der Waals surface area contributed by atoms with Crippen molar-refractivity contribution in [1.29, 1.82) is 0 Å². The summed E-state index contributed by atoms with van der Waals surface area (Å²) in [7, 11) is 0. The molecule has 10 heteroatoms. The molecule has 0 aliphatic rings. The van der Waals surface area contributed by atoms with Gasteiger partial charge < -0.3 is 9.88 Å². The minimum absolute atomic E-state index is 0.0374. The molecule has 0 fully saturated rings. The highest BCUT2D eigenvalue weighted by atomic mass is 35.5. The van der Waals surface area contributed by atoms with Crippen LogP contribution in [0.3, 0.4) is 0 Å². The highest BCUT2D eigenvalue weighted by molar-refractivity contribution is 6.32. The van der Waals surface area contributed by atoms with Gasteiger partial charge in [0.25, 0.3) is 11.1 Å². The van der Waals surface area contributed by atoms with Crippen molar-refractivity contribution in [1.82, 2.24) is 24.6 Å². The second-order valence-electron chi connectivity index (χ2n) is 6.89. The first-order valence-corrected chi connectivity index (χ1v) is 9.70. The van der Waals surface area contributed by atoms with Crippen molar-refractivity contribution >= 4 is 28.4 Å². The Balaban J connectivity index is 1.68. The monoisotopic (exact) mass is 441 g/mol. The molecule has 0 aliphatic heterocycles. The van der Waals surface area contributed by atoms with Crippen molar-refractivity contribution in [3.63, 3.8) is 0 Å². The van der Waals surface area contributed by atoms with E-state index in [1.165, 1.54) is 22.8 Å². The van der Waals surface area contributed by atoms with E-state index in [-0.39, 0.29) is 34.7 Å². The number of aryl methyl sites for hydroxylation is 1. The molecule has 0 saturated heterocycles. The first kappa shape index (κ1) is 20.5. The SMILES string of the molecule is Cc1c2c(=O)n(-c3ccc(F)cc3Cl)[nH]c2cc(=O)n1CC(=O)NCc1ccccn1. The topological polar surface area (TPSA) is 102 Å². The molecule has 1 amide bonds. The third kappa shape index (κ3) is 3.99. The van der Waals surface area contributed by atoms with Gasteiger partial charge in [-0.2, -0.15) is 0 Å². The molecular formula is C21H17ClFN5O3. The van der Waals surface area contributed by atoms with Gasteiger partial charge in [0.2, 0.25) is 5.91 Å². The number of fused-ring (bicyclic) bond motifs is 1. The third-order valence-electron chi connectivity index (χ3n) is 4.86. The van der Waals surface area contributed by atoms with Gasteiger partial charge in [0, 0.05) is 18.0 Å². The summed E-state index contributed by atoms with van der Waals surface area (Å²) in [5.74, 6) is -0.932. The van der Waals surface area contributed by atoms with Crippen molar-refractivity contribution in [3.8, 4) is 5.69 Å². The van der Waals surface area contributed by atoms with Gasteiger partial charge >= 0.3 is 0 Å². The standard InChI is InChI=1S/C21H17ClFN5O3/c1-12-20-16(26-28(21(20)31)17-6-5-13(23)8-15(17)22)9-19(30)27(12)11-18(29)25-10-14-4-2-3-7-24-14/h2-9,26H,10-11H2,1H3,(H,25,29). The summed E-state index contributed by atoms with van der Waals surface area (Å²) in [5, 5.41) is 5.80. The number of pyridine rings is 2. The number of rotatable bonds is 5. The highest BCUT2D eigenvalue weighted by Gasteiger charge is 2.18. The van der Waals surface area contributed by atoms with Crippen LogP contribution in [0.15, 0.2) is 58.3 Å². The Morgan fingerprint density at radius 3 is 2.74 bits per heavy atom. The van der Waals surface area contributed by atoms with E-state index in [1.807, 2.05) is 0 Å². The van der Waals surface area contributed by atoms with Crippen molar-refractivity contribution in [2.24, 2.45) is 0 Å². The zero-order valence-electron chi connectivity index (χ0n) is 16.4. The summed E-state index contributed by atoms with van der Waals surface area (Å²) in [6, 6.07) is 10.2. The van der Waals surface area contributed by atoms with Gasteiger partial charge in [0.1, 0.15) is 12.4 Å². The van der Waals surface area contributed by atoms with E-state index in [1.54, 1.807) is 31.3 Å². The van der Waals surface area contributed by atoms with E-state index in [0.29, 0.717) is 11.4 Å². The maximum atomic E-state index is 13.4. The van der Waals surface area contributed by atoms with E-state index in [9.17, 15) is 18.8 Å². The summed E-state index contributed by atoms with van der Waals surface area (Å²) in [6.07, 6.45) is 1.62. The number of hydrogen-bond acceptors (Lipinski definition) is 4. The molecule has 3 heterocycles. The molecule has 158 valence electrons. The molecule has 0 unspecified atom stereocenters. The lowest BCUT2D eigenvalue weighted by Crippen LogP contribution is -2.33. The third-order valence-corrected chi connectivity index (χ3v) is 5.17. The Morgan fingerprint density at radius 1 is 1.23 bits per heavy atom. The smallest absolute Gasteiger partial charge is 0.280 e. The van der Waals surface area contributed by atoms with E-state index >= 15 is 0 Å². The number of nitrogens with zero attached hydrogens (tertiary/aromatic N) is 3. The largest absolute Gasteiger partial charge is 0.349 e. The van der Waals surface area contributed by atoms with Crippen molar-refractivity contribution in [2.75, 3.05) is 0 Å². The Morgan fingerprint density at radius 2 is 2.03 bits per heavy atom. The molecule has 31 heavy (non-hydrogen) atoms. The molecule has 3 aromatic heterocycles. The number of halogens is 2. The molecule has 4 rings (SSSR count). The summed E-state index contributed by atoms with van der Waals surface area (Å²) in [5.41, 5.74) is 0.628. The van der Waals surface area contributed by atoms with Gasteiger partial charge in [0.05, 0.1) is 33.9 Å². The average Bonchev–Trinajstić information content (AvgIpc) is 3.06. The average molecular weight is 442 g/mol. The molecule has 1 aromatic carbocycles. The van der Waals surface area contributed by atoms with Crippen LogP contribution in [0.1, 0.15) is 11.4 Å². The van der Waals surface area contributed by atoms with Crippen LogP contribution >= 0.6 is 11.6 Å². The molecule has 0 spiro atoms. The van der Waals surface area contributed by atoms with Gasteiger partial charge in [0.15, 0.2) is 0 Å². The minimum Gasteiger partial charge on any atom is -0.349 e. The highest BCUT2D eigenvalue weighted by Crippen LogP contribution is 2.21. The molecule has 0 radical (unpaired) electrons. The van der Waals surface area contributed by atoms with Gasteiger partial charge in [-0.25, -0.2) is 9.07 Å². The number of nitrogens with one attached hydrogen (secondary N) is 2. The fourth-order valence-corrected chi connectivity index (χ4v) is 3.58. The van der Waals surface area contributed by atoms with Crippen LogP contribution in [0, 0.1) is 12.7 Å². The van der Waals surface area contributed by atoms with Crippen LogP contribution in [-0.4, -0.2) is 25.2 Å². The van der Waals surface area contributed by atoms with Crippen LogP contribution < -0.4 is 16.4 Å². The lowest BCUT2D eigenvalue weighted by Gasteiger charge is -2.10. The fraction of sp³-hybridized carbons (Fsp3) is 0.143. The number of aromatic nitrogens is 4. The predicted octanol–water partition coefficient (Wildman–Crippen LogP) is 2.29. The quantitative estimate of drug-likeness (QED) is 0.496. The van der Waals surface area contributed by atoms with Gasteiger partial charge in [-0.3, -0.25) is 24.5 Å². The second-order valence-corrected chi connectivity index (χ2v) is 7.30. The maximum absolute atomic E-state index is 13.4. The predicted molar refractivity (Wildman–Crippen MR) is 114 cm³/mol. The van der Waals surface area contributed by atoms with Crippen LogP contribution in [-0.2, 0) is 17.9 Å². The van der Waals surface area contributed by atoms with E-state index in [0.717, 1.165) is 10.7 Å². The Kier molecular flexibility index (Phi) is 5.43. The Bertz CT molecular complexity index is 1410. The zero-order valence-corrected chi connectivity index (χ0v) is 17.1. The van der Waals surface area contributed by atoms with Crippen LogP contribution in [0.5, 0.6) is 0 Å². The minimum atomic E-state index is -0.537. The van der Waals surface area contributed by atoms with Gasteiger partial charge in [-0.1, -0.05) is 17.7 Å². The molecule has 4 aromatic rings. The van der Waals surface area contributed by atoms with Crippen molar-refractivity contribution in [2.45, 2.75) is 20.0 Å². The molecule has 0 saturated carbocycles. The van der Waals surface area contributed by atoms with Gasteiger partial charge in [-0.15, -0.1) is 0 Å². The van der Waals surface area contributed by atoms with Crippen LogP contribution in [0.4, 0.5) is 4.39 Å². The number of hydrogen-bond donors (Lipinski definition) is 2.